The maximum absolute atomic E-state index is 11.4. The van der Waals surface area contributed by atoms with Crippen LogP contribution in [0, 0.1) is 5.92 Å². The third kappa shape index (κ3) is 7.99. The largest absolute Gasteiger partial charge is 0.468 e. The molecule has 16 heavy (non-hydrogen) atoms. The molecule has 0 heterocycles. The van der Waals surface area contributed by atoms with Crippen molar-refractivity contribution >= 4 is 17.7 Å². The second-order valence-corrected chi connectivity index (χ2v) is 5.44. The number of carbonyl (C=O) groups is 1. The van der Waals surface area contributed by atoms with E-state index in [1.807, 2.05) is 11.8 Å². The van der Waals surface area contributed by atoms with E-state index in [0.717, 1.165) is 30.4 Å². The maximum Gasteiger partial charge on any atom is 0.323 e. The van der Waals surface area contributed by atoms with E-state index < -0.39 is 0 Å². The van der Waals surface area contributed by atoms with Crippen LogP contribution in [0.15, 0.2) is 0 Å². The summed E-state index contributed by atoms with van der Waals surface area (Å²) in [6, 6.07) is -0.151. The van der Waals surface area contributed by atoms with Crippen LogP contribution in [0.5, 0.6) is 0 Å². The van der Waals surface area contributed by atoms with Crippen LogP contribution in [0.3, 0.4) is 0 Å². The standard InChI is InChI=1S/C12H25NO2S/c1-5-7-13-11(12(14)15-4)9-16-8-6-10(2)3/h10-11,13H,5-9H2,1-4H3. The molecule has 1 atom stereocenters. The van der Waals surface area contributed by atoms with Crippen molar-refractivity contribution in [2.24, 2.45) is 5.92 Å². The molecule has 1 N–H and O–H groups in total. The molecule has 0 aliphatic carbocycles. The summed E-state index contributed by atoms with van der Waals surface area (Å²) in [6.07, 6.45) is 2.23. The first-order valence-corrected chi connectivity index (χ1v) is 7.16. The number of ether oxygens (including phenoxy) is 1. The van der Waals surface area contributed by atoms with Crippen LogP contribution in [-0.4, -0.2) is 37.2 Å². The maximum atomic E-state index is 11.4. The minimum atomic E-state index is -0.151. The highest BCUT2D eigenvalue weighted by molar-refractivity contribution is 7.99. The summed E-state index contributed by atoms with van der Waals surface area (Å²) in [4.78, 5) is 11.4. The first-order chi connectivity index (χ1) is 7.61. The molecule has 96 valence electrons. The molecule has 0 saturated carbocycles. The molecule has 0 spiro atoms. The molecule has 0 amide bonds. The summed E-state index contributed by atoms with van der Waals surface area (Å²) in [6.45, 7) is 7.39. The number of carbonyl (C=O) groups excluding carboxylic acids is 1. The summed E-state index contributed by atoms with van der Waals surface area (Å²) in [5, 5.41) is 3.21. The Kier molecular flexibility index (Phi) is 9.83. The summed E-state index contributed by atoms with van der Waals surface area (Å²) in [5.74, 6) is 2.50. The van der Waals surface area contributed by atoms with Gasteiger partial charge in [-0.1, -0.05) is 20.8 Å². The Morgan fingerprint density at radius 1 is 1.44 bits per heavy atom. The molecule has 0 bridgehead atoms. The zero-order valence-corrected chi connectivity index (χ0v) is 11.7. The van der Waals surface area contributed by atoms with Crippen LogP contribution in [0.25, 0.3) is 0 Å². The highest BCUT2D eigenvalue weighted by Gasteiger charge is 2.17. The van der Waals surface area contributed by atoms with E-state index in [2.05, 4.69) is 26.1 Å². The van der Waals surface area contributed by atoms with Gasteiger partial charge in [0.2, 0.25) is 0 Å². The molecule has 4 heteroatoms. The summed E-state index contributed by atoms with van der Waals surface area (Å²) in [5.41, 5.74) is 0. The third-order valence-electron chi connectivity index (χ3n) is 2.25. The highest BCUT2D eigenvalue weighted by atomic mass is 32.2. The molecule has 0 aromatic heterocycles. The minimum Gasteiger partial charge on any atom is -0.468 e. The molecule has 0 saturated heterocycles. The number of hydrogen-bond acceptors (Lipinski definition) is 4. The van der Waals surface area contributed by atoms with Crippen molar-refractivity contribution in [2.75, 3.05) is 25.2 Å². The minimum absolute atomic E-state index is 0.148. The Bertz CT molecular complexity index is 186. The number of methoxy groups -OCH3 is 1. The van der Waals surface area contributed by atoms with E-state index in [0.29, 0.717) is 0 Å². The van der Waals surface area contributed by atoms with Gasteiger partial charge in [0.1, 0.15) is 6.04 Å². The zero-order valence-electron chi connectivity index (χ0n) is 10.9. The van der Waals surface area contributed by atoms with Gasteiger partial charge in [-0.25, -0.2) is 0 Å². The van der Waals surface area contributed by atoms with Crippen LogP contribution in [0.1, 0.15) is 33.6 Å². The Hall–Kier alpha value is -0.220. The van der Waals surface area contributed by atoms with Crippen LogP contribution in [-0.2, 0) is 9.53 Å². The Morgan fingerprint density at radius 3 is 2.62 bits per heavy atom. The van der Waals surface area contributed by atoms with Crippen LogP contribution >= 0.6 is 11.8 Å². The van der Waals surface area contributed by atoms with Crippen molar-refractivity contribution < 1.29 is 9.53 Å². The molecule has 0 fully saturated rings. The Morgan fingerprint density at radius 2 is 2.12 bits per heavy atom. The van der Waals surface area contributed by atoms with Crippen molar-refractivity contribution in [3.05, 3.63) is 0 Å². The molecule has 0 radical (unpaired) electrons. The van der Waals surface area contributed by atoms with Gasteiger partial charge in [-0.3, -0.25) is 4.79 Å². The average Bonchev–Trinajstić information content (AvgIpc) is 2.26. The van der Waals surface area contributed by atoms with Crippen molar-refractivity contribution in [1.29, 1.82) is 0 Å². The van der Waals surface area contributed by atoms with Crippen molar-refractivity contribution in [1.82, 2.24) is 5.32 Å². The van der Waals surface area contributed by atoms with Gasteiger partial charge in [-0.05, 0) is 31.1 Å². The molecule has 0 aliphatic rings. The normalized spacial score (nSPS) is 12.8. The lowest BCUT2D eigenvalue weighted by molar-refractivity contribution is -0.142. The van der Waals surface area contributed by atoms with Gasteiger partial charge < -0.3 is 10.1 Å². The lowest BCUT2D eigenvalue weighted by Crippen LogP contribution is -2.40. The van der Waals surface area contributed by atoms with Gasteiger partial charge in [-0.2, -0.15) is 11.8 Å². The number of thioether (sulfide) groups is 1. The van der Waals surface area contributed by atoms with Gasteiger partial charge in [0, 0.05) is 5.75 Å². The molecular formula is C12H25NO2S. The number of rotatable bonds is 9. The van der Waals surface area contributed by atoms with Gasteiger partial charge in [0.25, 0.3) is 0 Å². The molecule has 0 rings (SSSR count). The van der Waals surface area contributed by atoms with Crippen LogP contribution < -0.4 is 5.32 Å². The second kappa shape index (κ2) is 9.97. The molecule has 0 aliphatic heterocycles. The smallest absolute Gasteiger partial charge is 0.323 e. The monoisotopic (exact) mass is 247 g/mol. The second-order valence-electron chi connectivity index (χ2n) is 4.29. The molecule has 3 nitrogen and oxygen atoms in total. The van der Waals surface area contributed by atoms with Crippen molar-refractivity contribution in [3.8, 4) is 0 Å². The zero-order chi connectivity index (χ0) is 12.4. The van der Waals surface area contributed by atoms with E-state index in [9.17, 15) is 4.79 Å². The van der Waals surface area contributed by atoms with Gasteiger partial charge in [-0.15, -0.1) is 0 Å². The molecular weight excluding hydrogens is 222 g/mol. The number of esters is 1. The molecule has 0 aromatic carbocycles. The average molecular weight is 247 g/mol. The van der Waals surface area contributed by atoms with E-state index in [-0.39, 0.29) is 12.0 Å². The SMILES string of the molecule is CCCNC(CSCCC(C)C)C(=O)OC. The van der Waals surface area contributed by atoms with Crippen molar-refractivity contribution in [2.45, 2.75) is 39.7 Å². The summed E-state index contributed by atoms with van der Waals surface area (Å²) in [7, 11) is 1.45. The van der Waals surface area contributed by atoms with Crippen molar-refractivity contribution in [3.63, 3.8) is 0 Å². The van der Waals surface area contributed by atoms with E-state index in [1.54, 1.807) is 0 Å². The first-order valence-electron chi connectivity index (χ1n) is 6.00. The third-order valence-corrected chi connectivity index (χ3v) is 3.34. The Balaban J connectivity index is 3.78. The predicted octanol–water partition coefficient (Wildman–Crippen LogP) is 2.31. The summed E-state index contributed by atoms with van der Waals surface area (Å²) >= 11 is 1.82. The fraction of sp³-hybridized carbons (Fsp3) is 0.917. The van der Waals surface area contributed by atoms with Gasteiger partial charge in [0.15, 0.2) is 0 Å². The van der Waals surface area contributed by atoms with E-state index >= 15 is 0 Å². The first kappa shape index (κ1) is 15.8. The fourth-order valence-corrected chi connectivity index (χ4v) is 2.49. The fourth-order valence-electron chi connectivity index (χ4n) is 1.19. The van der Waals surface area contributed by atoms with E-state index in [4.69, 9.17) is 4.74 Å². The molecule has 1 unspecified atom stereocenters. The van der Waals surface area contributed by atoms with Crippen LogP contribution in [0.4, 0.5) is 0 Å². The number of nitrogens with one attached hydrogen (secondary N) is 1. The van der Waals surface area contributed by atoms with Gasteiger partial charge in [0.05, 0.1) is 7.11 Å². The summed E-state index contributed by atoms with van der Waals surface area (Å²) < 4.78 is 4.77. The lowest BCUT2D eigenvalue weighted by atomic mass is 10.2. The van der Waals surface area contributed by atoms with Gasteiger partial charge >= 0.3 is 5.97 Å². The lowest BCUT2D eigenvalue weighted by Gasteiger charge is -2.15. The number of hydrogen-bond donors (Lipinski definition) is 1. The Labute approximate surface area is 104 Å². The highest BCUT2D eigenvalue weighted by Crippen LogP contribution is 2.10. The molecule has 0 aromatic rings. The van der Waals surface area contributed by atoms with Crippen LogP contribution in [0.2, 0.25) is 0 Å². The quantitative estimate of drug-likeness (QED) is 0.501. The van der Waals surface area contributed by atoms with E-state index in [1.165, 1.54) is 13.5 Å². The topological polar surface area (TPSA) is 38.3 Å². The predicted molar refractivity (Wildman–Crippen MR) is 70.9 cm³/mol.